The second kappa shape index (κ2) is 7.98. The first-order valence-electron chi connectivity index (χ1n) is 4.86. The molecule has 0 aliphatic rings. The fourth-order valence-corrected chi connectivity index (χ4v) is 0.885. The Kier molecular flexibility index (Phi) is 8.57. The van der Waals surface area contributed by atoms with E-state index in [4.69, 9.17) is 5.11 Å². The zero-order chi connectivity index (χ0) is 13.4. The topological polar surface area (TPSA) is 80.7 Å². The summed E-state index contributed by atoms with van der Waals surface area (Å²) in [4.78, 5) is 30.6. The van der Waals surface area contributed by atoms with Gasteiger partial charge in [0.1, 0.15) is 18.0 Å². The molecule has 0 aromatic carbocycles. The molecular formula is C11H20O5. The Bertz CT molecular complexity index is 250. The molecule has 5 heteroatoms. The van der Waals surface area contributed by atoms with Crippen LogP contribution in [0.2, 0.25) is 0 Å². The Morgan fingerprint density at radius 2 is 1.56 bits per heavy atom. The lowest BCUT2D eigenvalue weighted by Crippen LogP contribution is -2.21. The quantitative estimate of drug-likeness (QED) is 0.574. The molecule has 0 aliphatic carbocycles. The molecule has 0 radical (unpaired) electrons. The molecule has 0 spiro atoms. The average molecular weight is 232 g/mol. The summed E-state index contributed by atoms with van der Waals surface area (Å²) in [5.41, 5.74) is -0.828. The van der Waals surface area contributed by atoms with Gasteiger partial charge in [0.05, 0.1) is 12.7 Å². The first kappa shape index (κ1) is 17.2. The van der Waals surface area contributed by atoms with Crippen molar-refractivity contribution in [2.75, 3.05) is 7.11 Å². The fraction of sp³-hybridized carbons (Fsp3) is 0.727. The van der Waals surface area contributed by atoms with Crippen LogP contribution in [0.15, 0.2) is 0 Å². The second-order valence-corrected chi connectivity index (χ2v) is 4.15. The number of rotatable bonds is 4. The molecule has 0 unspecified atom stereocenters. The molecule has 0 rings (SSSR count). The molecule has 0 aliphatic heterocycles. The molecule has 0 saturated carbocycles. The van der Waals surface area contributed by atoms with E-state index in [1.54, 1.807) is 13.8 Å². The minimum absolute atomic E-state index is 0.0255. The van der Waals surface area contributed by atoms with E-state index in [1.165, 1.54) is 21.0 Å². The van der Waals surface area contributed by atoms with E-state index in [2.05, 4.69) is 4.74 Å². The van der Waals surface area contributed by atoms with Crippen molar-refractivity contribution in [1.82, 2.24) is 0 Å². The van der Waals surface area contributed by atoms with Crippen LogP contribution in [-0.2, 0) is 19.1 Å². The highest BCUT2D eigenvalue weighted by molar-refractivity contribution is 5.93. The summed E-state index contributed by atoms with van der Waals surface area (Å²) in [7, 11) is 1.26. The van der Waals surface area contributed by atoms with Gasteiger partial charge in [-0.05, 0) is 27.7 Å². The number of hydrogen-bond donors (Lipinski definition) is 1. The summed E-state index contributed by atoms with van der Waals surface area (Å²) < 4.78 is 4.20. The van der Waals surface area contributed by atoms with E-state index in [1.807, 2.05) is 0 Å². The zero-order valence-electron chi connectivity index (χ0n) is 10.5. The van der Waals surface area contributed by atoms with Crippen LogP contribution >= 0.6 is 0 Å². The van der Waals surface area contributed by atoms with Crippen molar-refractivity contribution >= 4 is 17.5 Å². The SMILES string of the molecule is CC(=O)CC(C)(C)O.COC(=O)CC(C)=O. The van der Waals surface area contributed by atoms with E-state index in [0.717, 1.165) is 0 Å². The summed E-state index contributed by atoms with van der Waals surface area (Å²) >= 11 is 0. The minimum atomic E-state index is -0.828. The number of carbonyl (C=O) groups excluding carboxylic acids is 3. The van der Waals surface area contributed by atoms with Gasteiger partial charge in [-0.25, -0.2) is 0 Å². The lowest BCUT2D eigenvalue weighted by Gasteiger charge is -2.13. The van der Waals surface area contributed by atoms with Gasteiger partial charge in [0.15, 0.2) is 0 Å². The van der Waals surface area contributed by atoms with E-state index in [0.29, 0.717) is 0 Å². The first-order chi connectivity index (χ1) is 7.08. The Balaban J connectivity index is 0. The number of ketones is 2. The number of methoxy groups -OCH3 is 1. The average Bonchev–Trinajstić information content (AvgIpc) is 1.98. The van der Waals surface area contributed by atoms with Crippen LogP contribution in [0.25, 0.3) is 0 Å². The highest BCUT2D eigenvalue weighted by Crippen LogP contribution is 2.06. The monoisotopic (exact) mass is 232 g/mol. The second-order valence-electron chi connectivity index (χ2n) is 4.15. The number of ether oxygens (including phenoxy) is 1. The molecule has 0 aromatic rings. The molecule has 0 atom stereocenters. The maximum Gasteiger partial charge on any atom is 0.313 e. The summed E-state index contributed by atoms with van der Waals surface area (Å²) in [5.74, 6) is -0.619. The van der Waals surface area contributed by atoms with Gasteiger partial charge in [-0.15, -0.1) is 0 Å². The predicted molar refractivity (Wildman–Crippen MR) is 58.9 cm³/mol. The number of Topliss-reactive ketones (excluding diaryl/α,β-unsaturated/α-hetero) is 2. The van der Waals surface area contributed by atoms with Crippen LogP contribution in [0.4, 0.5) is 0 Å². The van der Waals surface area contributed by atoms with Crippen LogP contribution in [-0.4, -0.2) is 35.4 Å². The van der Waals surface area contributed by atoms with E-state index in [9.17, 15) is 14.4 Å². The van der Waals surface area contributed by atoms with Crippen molar-refractivity contribution in [2.45, 2.75) is 46.1 Å². The van der Waals surface area contributed by atoms with Gasteiger partial charge in [0.2, 0.25) is 0 Å². The van der Waals surface area contributed by atoms with E-state index in [-0.39, 0.29) is 24.4 Å². The third kappa shape index (κ3) is 18.5. The van der Waals surface area contributed by atoms with E-state index >= 15 is 0 Å². The molecule has 1 N–H and O–H groups in total. The van der Waals surface area contributed by atoms with Crippen LogP contribution < -0.4 is 0 Å². The Morgan fingerprint density at radius 1 is 1.12 bits per heavy atom. The lowest BCUT2D eigenvalue weighted by atomic mass is 10.0. The fourth-order valence-electron chi connectivity index (χ4n) is 0.885. The maximum atomic E-state index is 10.3. The normalized spacial score (nSPS) is 9.88. The molecule has 0 saturated heterocycles. The van der Waals surface area contributed by atoms with Crippen LogP contribution in [0.3, 0.4) is 0 Å². The van der Waals surface area contributed by atoms with Gasteiger partial charge < -0.3 is 9.84 Å². The summed E-state index contributed by atoms with van der Waals surface area (Å²) in [5, 5.41) is 8.97. The van der Waals surface area contributed by atoms with Gasteiger partial charge in [-0.2, -0.15) is 0 Å². The molecule has 16 heavy (non-hydrogen) atoms. The molecular weight excluding hydrogens is 212 g/mol. The molecule has 0 aromatic heterocycles. The Morgan fingerprint density at radius 3 is 1.62 bits per heavy atom. The van der Waals surface area contributed by atoms with Gasteiger partial charge in [0, 0.05) is 6.42 Å². The van der Waals surface area contributed by atoms with Gasteiger partial charge in [-0.3, -0.25) is 14.4 Å². The van der Waals surface area contributed by atoms with Crippen molar-refractivity contribution < 1.29 is 24.2 Å². The minimum Gasteiger partial charge on any atom is -0.469 e. The van der Waals surface area contributed by atoms with E-state index < -0.39 is 11.6 Å². The first-order valence-corrected chi connectivity index (χ1v) is 4.86. The highest BCUT2D eigenvalue weighted by Gasteiger charge is 2.13. The molecule has 0 amide bonds. The third-order valence-corrected chi connectivity index (χ3v) is 1.30. The molecule has 0 heterocycles. The molecule has 94 valence electrons. The maximum absolute atomic E-state index is 10.3. The standard InChI is InChI=1S/C6H12O2.C5H8O3/c1-5(7)4-6(2,3)8;1-4(6)3-5(7)8-2/h8H,4H2,1-3H3;3H2,1-2H3. The molecule has 5 nitrogen and oxygen atoms in total. The molecule has 0 bridgehead atoms. The predicted octanol–water partition coefficient (Wildman–Crippen LogP) is 0.875. The number of carbonyl (C=O) groups is 3. The van der Waals surface area contributed by atoms with Crippen molar-refractivity contribution in [3.63, 3.8) is 0 Å². The smallest absolute Gasteiger partial charge is 0.313 e. The van der Waals surface area contributed by atoms with Crippen molar-refractivity contribution in [3.8, 4) is 0 Å². The summed E-state index contributed by atoms with van der Waals surface area (Å²) in [6.45, 7) is 6.05. The van der Waals surface area contributed by atoms with Crippen molar-refractivity contribution in [3.05, 3.63) is 0 Å². The number of hydrogen-bond acceptors (Lipinski definition) is 5. The Labute approximate surface area is 95.8 Å². The lowest BCUT2D eigenvalue weighted by molar-refractivity contribution is -0.143. The van der Waals surface area contributed by atoms with Crippen LogP contribution in [0.5, 0.6) is 0 Å². The van der Waals surface area contributed by atoms with Gasteiger partial charge in [-0.1, -0.05) is 0 Å². The van der Waals surface area contributed by atoms with Crippen LogP contribution in [0, 0.1) is 0 Å². The van der Waals surface area contributed by atoms with Crippen molar-refractivity contribution in [1.29, 1.82) is 0 Å². The third-order valence-electron chi connectivity index (χ3n) is 1.30. The summed E-state index contributed by atoms with van der Waals surface area (Å²) in [6.07, 6.45) is 0.128. The number of aliphatic hydroxyl groups is 1. The largest absolute Gasteiger partial charge is 0.469 e. The zero-order valence-corrected chi connectivity index (χ0v) is 10.5. The van der Waals surface area contributed by atoms with Gasteiger partial charge in [0.25, 0.3) is 0 Å². The number of esters is 1. The molecule has 0 fully saturated rings. The Hall–Kier alpha value is -1.23. The van der Waals surface area contributed by atoms with Crippen molar-refractivity contribution in [2.24, 2.45) is 0 Å². The van der Waals surface area contributed by atoms with Gasteiger partial charge >= 0.3 is 5.97 Å². The van der Waals surface area contributed by atoms with Crippen LogP contribution in [0.1, 0.15) is 40.5 Å². The highest BCUT2D eigenvalue weighted by atomic mass is 16.5. The summed E-state index contributed by atoms with van der Waals surface area (Å²) in [6, 6.07) is 0.